The fraction of sp³-hybridized carbons (Fsp3) is 0.526. The molecule has 0 aliphatic carbocycles. The molecule has 0 bridgehead atoms. The summed E-state index contributed by atoms with van der Waals surface area (Å²) < 4.78 is 12.4. The SMILES string of the molecule is O=C(CCn1c(=O)c(N2CCOCC2)nc2ccccc21)N1CCOCC1. The van der Waals surface area contributed by atoms with E-state index in [-0.39, 0.29) is 17.9 Å². The number of carbonyl (C=O) groups is 1. The quantitative estimate of drug-likeness (QED) is 0.777. The van der Waals surface area contributed by atoms with E-state index in [1.54, 1.807) is 9.47 Å². The number of fused-ring (bicyclic) bond motifs is 1. The predicted molar refractivity (Wildman–Crippen MR) is 101 cm³/mol. The van der Waals surface area contributed by atoms with Gasteiger partial charge in [-0.1, -0.05) is 12.1 Å². The summed E-state index contributed by atoms with van der Waals surface area (Å²) >= 11 is 0. The Balaban J connectivity index is 1.62. The Kier molecular flexibility index (Phi) is 5.35. The normalized spacial score (nSPS) is 18.1. The number of rotatable bonds is 4. The number of morpholine rings is 2. The fourth-order valence-corrected chi connectivity index (χ4v) is 3.56. The van der Waals surface area contributed by atoms with E-state index >= 15 is 0 Å². The summed E-state index contributed by atoms with van der Waals surface area (Å²) in [7, 11) is 0. The van der Waals surface area contributed by atoms with E-state index in [1.165, 1.54) is 0 Å². The molecule has 2 fully saturated rings. The number of hydrogen-bond donors (Lipinski definition) is 0. The molecular formula is C19H24N4O4. The maximum Gasteiger partial charge on any atom is 0.294 e. The van der Waals surface area contributed by atoms with Crippen molar-refractivity contribution >= 4 is 22.8 Å². The molecule has 27 heavy (non-hydrogen) atoms. The van der Waals surface area contributed by atoms with Gasteiger partial charge in [-0.15, -0.1) is 0 Å². The average molecular weight is 372 g/mol. The summed E-state index contributed by atoms with van der Waals surface area (Å²) in [5.74, 6) is 0.495. The molecule has 2 aliphatic rings. The second-order valence-corrected chi connectivity index (χ2v) is 6.72. The van der Waals surface area contributed by atoms with Crippen molar-refractivity contribution in [2.75, 3.05) is 57.5 Å². The molecule has 144 valence electrons. The lowest BCUT2D eigenvalue weighted by Crippen LogP contribution is -2.42. The van der Waals surface area contributed by atoms with Crippen molar-refractivity contribution in [3.63, 3.8) is 0 Å². The van der Waals surface area contributed by atoms with E-state index < -0.39 is 0 Å². The highest BCUT2D eigenvalue weighted by molar-refractivity contribution is 5.78. The zero-order valence-electron chi connectivity index (χ0n) is 15.3. The molecule has 0 unspecified atom stereocenters. The molecule has 8 heteroatoms. The van der Waals surface area contributed by atoms with Gasteiger partial charge >= 0.3 is 0 Å². The van der Waals surface area contributed by atoms with Gasteiger partial charge in [0.25, 0.3) is 5.56 Å². The molecule has 4 rings (SSSR count). The van der Waals surface area contributed by atoms with Crippen molar-refractivity contribution < 1.29 is 14.3 Å². The first-order valence-corrected chi connectivity index (χ1v) is 9.42. The van der Waals surface area contributed by atoms with Gasteiger partial charge in [0.15, 0.2) is 5.82 Å². The molecule has 1 aromatic heterocycles. The molecule has 0 spiro atoms. The second kappa shape index (κ2) is 8.06. The zero-order chi connectivity index (χ0) is 18.6. The van der Waals surface area contributed by atoms with Crippen molar-refractivity contribution in [2.24, 2.45) is 0 Å². The number of anilines is 1. The number of amides is 1. The number of ether oxygens (including phenoxy) is 2. The third kappa shape index (κ3) is 3.81. The number of carbonyl (C=O) groups excluding carboxylic acids is 1. The molecule has 0 N–H and O–H groups in total. The summed E-state index contributed by atoms with van der Waals surface area (Å²) in [5.41, 5.74) is 1.37. The number of nitrogens with zero attached hydrogens (tertiary/aromatic N) is 4. The second-order valence-electron chi connectivity index (χ2n) is 6.72. The van der Waals surface area contributed by atoms with Crippen molar-refractivity contribution in [3.05, 3.63) is 34.6 Å². The van der Waals surface area contributed by atoms with Gasteiger partial charge < -0.3 is 23.8 Å². The van der Waals surface area contributed by atoms with Crippen LogP contribution in [0, 0.1) is 0 Å². The van der Waals surface area contributed by atoms with Gasteiger partial charge in [0.2, 0.25) is 5.91 Å². The van der Waals surface area contributed by atoms with Crippen LogP contribution >= 0.6 is 0 Å². The Labute approximate surface area is 157 Å². The monoisotopic (exact) mass is 372 g/mol. The Morgan fingerprint density at radius 2 is 1.67 bits per heavy atom. The highest BCUT2D eigenvalue weighted by Gasteiger charge is 2.21. The topological polar surface area (TPSA) is 76.9 Å². The Bertz CT molecular complexity index is 870. The minimum Gasteiger partial charge on any atom is -0.378 e. The van der Waals surface area contributed by atoms with Gasteiger partial charge in [0, 0.05) is 39.1 Å². The lowest BCUT2D eigenvalue weighted by molar-refractivity contribution is -0.135. The van der Waals surface area contributed by atoms with Crippen LogP contribution in [0.4, 0.5) is 5.82 Å². The van der Waals surface area contributed by atoms with Crippen molar-refractivity contribution in [2.45, 2.75) is 13.0 Å². The number of hydrogen-bond acceptors (Lipinski definition) is 6. The highest BCUT2D eigenvalue weighted by atomic mass is 16.5. The summed E-state index contributed by atoms with van der Waals surface area (Å²) in [5, 5.41) is 0. The summed E-state index contributed by atoms with van der Waals surface area (Å²) in [6, 6.07) is 7.58. The molecule has 1 amide bonds. The first-order valence-electron chi connectivity index (χ1n) is 9.42. The van der Waals surface area contributed by atoms with Crippen LogP contribution < -0.4 is 10.5 Å². The van der Waals surface area contributed by atoms with Gasteiger partial charge in [0.05, 0.1) is 37.5 Å². The molecular weight excluding hydrogens is 348 g/mol. The van der Waals surface area contributed by atoms with Gasteiger partial charge in [-0.3, -0.25) is 9.59 Å². The van der Waals surface area contributed by atoms with Crippen molar-refractivity contribution in [1.29, 1.82) is 0 Å². The van der Waals surface area contributed by atoms with Crippen molar-refractivity contribution in [1.82, 2.24) is 14.5 Å². The van der Waals surface area contributed by atoms with E-state index in [0.29, 0.717) is 65.0 Å². The maximum absolute atomic E-state index is 13.1. The fourth-order valence-electron chi connectivity index (χ4n) is 3.56. The molecule has 3 heterocycles. The van der Waals surface area contributed by atoms with E-state index in [0.717, 1.165) is 11.0 Å². The van der Waals surface area contributed by atoms with Crippen LogP contribution in [0.1, 0.15) is 6.42 Å². The standard InChI is InChI=1S/C19H24N4O4/c24-17(21-7-11-26-12-8-21)5-6-23-16-4-2-1-3-15(16)20-18(19(23)25)22-9-13-27-14-10-22/h1-4H,5-14H2. The van der Waals surface area contributed by atoms with Gasteiger partial charge in [-0.05, 0) is 12.1 Å². The summed E-state index contributed by atoms with van der Waals surface area (Å²) in [6.07, 6.45) is 0.288. The summed E-state index contributed by atoms with van der Waals surface area (Å²) in [4.78, 5) is 34.0. The van der Waals surface area contributed by atoms with Gasteiger partial charge in [0.1, 0.15) is 0 Å². The largest absolute Gasteiger partial charge is 0.378 e. The predicted octanol–water partition coefficient (Wildman–Crippen LogP) is 0.482. The summed E-state index contributed by atoms with van der Waals surface area (Å²) in [6.45, 7) is 5.19. The van der Waals surface area contributed by atoms with Crippen LogP contribution in [-0.2, 0) is 20.8 Å². The van der Waals surface area contributed by atoms with Crippen LogP contribution in [0.2, 0.25) is 0 Å². The van der Waals surface area contributed by atoms with Crippen LogP contribution in [0.25, 0.3) is 11.0 Å². The van der Waals surface area contributed by atoms with Gasteiger partial charge in [-0.2, -0.15) is 0 Å². The maximum atomic E-state index is 13.1. The van der Waals surface area contributed by atoms with E-state index in [2.05, 4.69) is 4.98 Å². The van der Waals surface area contributed by atoms with Crippen LogP contribution in [0.3, 0.4) is 0 Å². The van der Waals surface area contributed by atoms with Gasteiger partial charge in [-0.25, -0.2) is 4.98 Å². The third-order valence-corrected chi connectivity index (χ3v) is 5.06. The molecule has 2 saturated heterocycles. The smallest absolute Gasteiger partial charge is 0.294 e. The first kappa shape index (κ1) is 17.9. The lowest BCUT2D eigenvalue weighted by atomic mass is 10.2. The highest BCUT2D eigenvalue weighted by Crippen LogP contribution is 2.16. The first-order chi connectivity index (χ1) is 13.2. The Morgan fingerprint density at radius 3 is 2.41 bits per heavy atom. The Hall–Kier alpha value is -2.45. The van der Waals surface area contributed by atoms with Crippen LogP contribution in [-0.4, -0.2) is 73.0 Å². The third-order valence-electron chi connectivity index (χ3n) is 5.06. The number of aryl methyl sites for hydroxylation is 1. The van der Waals surface area contributed by atoms with E-state index in [9.17, 15) is 9.59 Å². The molecule has 0 saturated carbocycles. The molecule has 2 aliphatic heterocycles. The Morgan fingerprint density at radius 1 is 1.00 bits per heavy atom. The number of para-hydroxylation sites is 2. The number of benzene rings is 1. The average Bonchev–Trinajstić information content (AvgIpc) is 2.74. The minimum absolute atomic E-state index is 0.0546. The molecule has 2 aromatic rings. The van der Waals surface area contributed by atoms with E-state index in [1.807, 2.05) is 29.2 Å². The number of aromatic nitrogens is 2. The molecule has 8 nitrogen and oxygen atoms in total. The zero-order valence-corrected chi connectivity index (χ0v) is 15.3. The van der Waals surface area contributed by atoms with Crippen LogP contribution in [0.15, 0.2) is 29.1 Å². The van der Waals surface area contributed by atoms with Crippen LogP contribution in [0.5, 0.6) is 0 Å². The van der Waals surface area contributed by atoms with E-state index in [4.69, 9.17) is 9.47 Å². The molecule has 1 aromatic carbocycles. The lowest BCUT2D eigenvalue weighted by Gasteiger charge is -2.28. The van der Waals surface area contributed by atoms with Crippen molar-refractivity contribution in [3.8, 4) is 0 Å². The molecule has 0 atom stereocenters. The molecule has 0 radical (unpaired) electrons. The minimum atomic E-state index is -0.148.